The van der Waals surface area contributed by atoms with Crippen molar-refractivity contribution in [2.75, 3.05) is 16.8 Å². The Morgan fingerprint density at radius 2 is 1.95 bits per heavy atom. The maximum absolute atomic E-state index is 12.0. The molecule has 5 nitrogen and oxygen atoms in total. The molecule has 3 rings (SSSR count). The minimum atomic E-state index is -0.0104. The highest BCUT2D eigenvalue weighted by Crippen LogP contribution is 2.26. The second-order valence-electron chi connectivity index (χ2n) is 5.10. The molecule has 1 aliphatic rings. The molecule has 1 N–H and O–H groups in total. The van der Waals surface area contributed by atoms with Gasteiger partial charge in [0.15, 0.2) is 0 Å². The minimum absolute atomic E-state index is 0.0104. The van der Waals surface area contributed by atoms with E-state index in [9.17, 15) is 4.79 Å². The molecule has 0 aliphatic carbocycles. The molecule has 0 atom stereocenters. The summed E-state index contributed by atoms with van der Waals surface area (Å²) in [6, 6.07) is 6.04. The topological polar surface area (TPSA) is 58.1 Å². The van der Waals surface area contributed by atoms with Crippen molar-refractivity contribution in [2.24, 2.45) is 0 Å². The Bertz CT molecular complexity index is 654. The van der Waals surface area contributed by atoms with Crippen LogP contribution >= 0.6 is 0 Å². The Balaban J connectivity index is 2.01. The van der Waals surface area contributed by atoms with Crippen LogP contribution in [0.1, 0.15) is 16.7 Å². The number of rotatable bonds is 1. The van der Waals surface area contributed by atoms with E-state index >= 15 is 0 Å². The maximum atomic E-state index is 12.0. The van der Waals surface area contributed by atoms with Crippen LogP contribution in [0.25, 0.3) is 0 Å². The van der Waals surface area contributed by atoms with E-state index < -0.39 is 0 Å². The van der Waals surface area contributed by atoms with Crippen LogP contribution in [0.2, 0.25) is 0 Å². The molecule has 0 spiro atoms. The Morgan fingerprint density at radius 1 is 1.15 bits per heavy atom. The van der Waals surface area contributed by atoms with E-state index in [1.165, 1.54) is 11.1 Å². The lowest BCUT2D eigenvalue weighted by Gasteiger charge is -2.21. The number of aromatic nitrogens is 2. The molecule has 1 aromatic heterocycles. The molecule has 5 heteroatoms. The van der Waals surface area contributed by atoms with Gasteiger partial charge in [0.2, 0.25) is 5.91 Å². The van der Waals surface area contributed by atoms with Gasteiger partial charge >= 0.3 is 0 Å². The molecule has 2 aromatic rings. The summed E-state index contributed by atoms with van der Waals surface area (Å²) in [6.45, 7) is 5.14. The van der Waals surface area contributed by atoms with Crippen molar-refractivity contribution in [3.8, 4) is 0 Å². The first kappa shape index (κ1) is 12.6. The van der Waals surface area contributed by atoms with Crippen molar-refractivity contribution in [2.45, 2.75) is 20.4 Å². The predicted octanol–water partition coefficient (Wildman–Crippen LogP) is 2.05. The number of carbonyl (C=O) groups excluding carboxylic acids is 1. The van der Waals surface area contributed by atoms with Gasteiger partial charge in [0.25, 0.3) is 0 Å². The molecule has 0 fully saturated rings. The van der Waals surface area contributed by atoms with Crippen LogP contribution in [-0.2, 0) is 11.3 Å². The Labute approximate surface area is 117 Å². The first-order chi connectivity index (χ1) is 9.63. The standard InChI is InChI=1S/C15H16N4O/c1-10-5-12-8-19(13-3-4-16-17-7-13)9-15(20)18-14(12)6-11(10)2/h3-7H,8-9H2,1-2H3,(H,18,20). The summed E-state index contributed by atoms with van der Waals surface area (Å²) in [7, 11) is 0. The van der Waals surface area contributed by atoms with E-state index in [0.717, 1.165) is 16.9 Å². The molecule has 1 aromatic carbocycles. The van der Waals surface area contributed by atoms with Crippen molar-refractivity contribution in [3.05, 3.63) is 47.3 Å². The van der Waals surface area contributed by atoms with E-state index in [1.807, 2.05) is 17.0 Å². The number of hydrogen-bond acceptors (Lipinski definition) is 4. The van der Waals surface area contributed by atoms with Crippen LogP contribution in [-0.4, -0.2) is 22.6 Å². The number of hydrogen-bond donors (Lipinski definition) is 1. The average Bonchev–Trinajstić information content (AvgIpc) is 2.59. The Morgan fingerprint density at radius 3 is 2.70 bits per heavy atom. The number of benzene rings is 1. The van der Waals surface area contributed by atoms with Gasteiger partial charge in [0.05, 0.1) is 24.6 Å². The molecule has 1 amide bonds. The van der Waals surface area contributed by atoms with Crippen molar-refractivity contribution < 1.29 is 4.79 Å². The van der Waals surface area contributed by atoms with Gasteiger partial charge in [-0.2, -0.15) is 10.2 Å². The second kappa shape index (κ2) is 4.92. The number of fused-ring (bicyclic) bond motifs is 1. The molecular weight excluding hydrogens is 252 g/mol. The molecule has 0 unspecified atom stereocenters. The third kappa shape index (κ3) is 2.34. The summed E-state index contributed by atoms with van der Waals surface area (Å²) in [5.41, 5.74) is 5.34. The zero-order chi connectivity index (χ0) is 14.1. The van der Waals surface area contributed by atoms with Gasteiger partial charge in [0.1, 0.15) is 0 Å². The molecule has 0 bridgehead atoms. The maximum Gasteiger partial charge on any atom is 0.243 e. The molecule has 0 saturated heterocycles. The van der Waals surface area contributed by atoms with Crippen LogP contribution in [0, 0.1) is 13.8 Å². The normalized spacial score (nSPS) is 14.5. The summed E-state index contributed by atoms with van der Waals surface area (Å²) in [5, 5.41) is 10.6. The summed E-state index contributed by atoms with van der Waals surface area (Å²) < 4.78 is 0. The first-order valence-electron chi connectivity index (χ1n) is 6.55. The molecule has 2 heterocycles. The van der Waals surface area contributed by atoms with E-state index in [0.29, 0.717) is 13.1 Å². The fourth-order valence-electron chi connectivity index (χ4n) is 2.40. The number of anilines is 2. The second-order valence-corrected chi connectivity index (χ2v) is 5.10. The zero-order valence-electron chi connectivity index (χ0n) is 11.6. The highest BCUT2D eigenvalue weighted by Gasteiger charge is 2.20. The molecule has 1 aliphatic heterocycles. The summed E-state index contributed by atoms with van der Waals surface area (Å²) in [6.07, 6.45) is 3.32. The Hall–Kier alpha value is -2.43. The van der Waals surface area contributed by atoms with E-state index in [4.69, 9.17) is 0 Å². The Kier molecular flexibility index (Phi) is 3.10. The van der Waals surface area contributed by atoms with E-state index in [2.05, 4.69) is 35.4 Å². The largest absolute Gasteiger partial charge is 0.356 e. The molecule has 0 saturated carbocycles. The zero-order valence-corrected chi connectivity index (χ0v) is 11.6. The predicted molar refractivity (Wildman–Crippen MR) is 77.6 cm³/mol. The number of nitrogens with one attached hydrogen (secondary N) is 1. The highest BCUT2D eigenvalue weighted by molar-refractivity contribution is 5.96. The van der Waals surface area contributed by atoms with E-state index in [-0.39, 0.29) is 5.91 Å². The molecule has 20 heavy (non-hydrogen) atoms. The number of carbonyl (C=O) groups is 1. The van der Waals surface area contributed by atoms with Gasteiger partial charge in [-0.3, -0.25) is 4.79 Å². The van der Waals surface area contributed by atoms with Crippen LogP contribution in [0.15, 0.2) is 30.6 Å². The van der Waals surface area contributed by atoms with E-state index in [1.54, 1.807) is 12.4 Å². The average molecular weight is 268 g/mol. The summed E-state index contributed by atoms with van der Waals surface area (Å²) >= 11 is 0. The van der Waals surface area contributed by atoms with Crippen molar-refractivity contribution in [1.82, 2.24) is 10.2 Å². The lowest BCUT2D eigenvalue weighted by molar-refractivity contribution is -0.114. The van der Waals surface area contributed by atoms with Crippen LogP contribution in [0.3, 0.4) is 0 Å². The highest BCUT2D eigenvalue weighted by atomic mass is 16.2. The lowest BCUT2D eigenvalue weighted by atomic mass is 10.0. The lowest BCUT2D eigenvalue weighted by Crippen LogP contribution is -2.29. The fraction of sp³-hybridized carbons (Fsp3) is 0.267. The first-order valence-corrected chi connectivity index (χ1v) is 6.55. The SMILES string of the molecule is Cc1cc2c(cc1C)NC(=O)CN(c1ccnnc1)C2. The molecule has 102 valence electrons. The quantitative estimate of drug-likeness (QED) is 0.860. The van der Waals surface area contributed by atoms with Crippen LogP contribution in [0.4, 0.5) is 11.4 Å². The van der Waals surface area contributed by atoms with Gasteiger partial charge in [-0.05, 0) is 42.7 Å². The number of nitrogens with zero attached hydrogens (tertiary/aromatic N) is 3. The number of aryl methyl sites for hydroxylation is 2. The minimum Gasteiger partial charge on any atom is -0.356 e. The summed E-state index contributed by atoms with van der Waals surface area (Å²) in [4.78, 5) is 14.0. The smallest absolute Gasteiger partial charge is 0.243 e. The van der Waals surface area contributed by atoms with Gasteiger partial charge in [-0.25, -0.2) is 0 Å². The fourth-order valence-corrected chi connectivity index (χ4v) is 2.40. The van der Waals surface area contributed by atoms with Gasteiger partial charge in [-0.1, -0.05) is 6.07 Å². The van der Waals surface area contributed by atoms with Gasteiger partial charge in [0, 0.05) is 12.2 Å². The number of amides is 1. The van der Waals surface area contributed by atoms with Crippen molar-refractivity contribution in [3.63, 3.8) is 0 Å². The van der Waals surface area contributed by atoms with Crippen molar-refractivity contribution >= 4 is 17.3 Å². The molecular formula is C15H16N4O. The van der Waals surface area contributed by atoms with Gasteiger partial charge in [-0.15, -0.1) is 0 Å². The van der Waals surface area contributed by atoms with Crippen LogP contribution in [0.5, 0.6) is 0 Å². The third-order valence-corrected chi connectivity index (χ3v) is 3.62. The van der Waals surface area contributed by atoms with Crippen molar-refractivity contribution in [1.29, 1.82) is 0 Å². The third-order valence-electron chi connectivity index (χ3n) is 3.62. The monoisotopic (exact) mass is 268 g/mol. The van der Waals surface area contributed by atoms with Gasteiger partial charge < -0.3 is 10.2 Å². The summed E-state index contributed by atoms with van der Waals surface area (Å²) in [5.74, 6) is -0.0104. The van der Waals surface area contributed by atoms with Crippen LogP contribution < -0.4 is 10.2 Å². The molecule has 0 radical (unpaired) electrons.